The number of ketones is 2. The Balaban J connectivity index is 1.47. The summed E-state index contributed by atoms with van der Waals surface area (Å²) in [5, 5.41) is 0. The van der Waals surface area contributed by atoms with E-state index < -0.39 is 0 Å². The maximum Gasteiger partial charge on any atom is 0.139 e. The molecule has 0 aromatic heterocycles. The van der Waals surface area contributed by atoms with Crippen LogP contribution in [0, 0.1) is 23.7 Å². The molecule has 3 aliphatic carbocycles. The quantitative estimate of drug-likeness (QED) is 0.725. The molecule has 0 saturated heterocycles. The van der Waals surface area contributed by atoms with Crippen molar-refractivity contribution in [2.24, 2.45) is 23.7 Å². The molecule has 0 aromatic rings. The Morgan fingerprint density at radius 2 is 0.682 bits per heavy atom. The third kappa shape index (κ3) is 3.81. The van der Waals surface area contributed by atoms with Gasteiger partial charge >= 0.3 is 0 Å². The number of carbonyl (C=O) groups excluding carboxylic acids is 2. The lowest BCUT2D eigenvalue weighted by atomic mass is 9.71. The van der Waals surface area contributed by atoms with Crippen LogP contribution in [0.1, 0.15) is 89.9 Å². The Hall–Kier alpha value is -0.660. The molecule has 0 amide bonds. The molecule has 0 atom stereocenters. The highest BCUT2D eigenvalue weighted by molar-refractivity contribution is 5.85. The van der Waals surface area contributed by atoms with Crippen LogP contribution >= 0.6 is 0 Å². The fraction of sp³-hybridized carbons (Fsp3) is 0.900. The number of Topliss-reactive ketones (excluding diaryl/α,β-unsaturated/α-hetero) is 2. The Bertz CT molecular complexity index is 343. The van der Waals surface area contributed by atoms with Crippen molar-refractivity contribution in [3.8, 4) is 0 Å². The highest BCUT2D eigenvalue weighted by atomic mass is 16.1. The third-order valence-electron chi connectivity index (χ3n) is 6.55. The zero-order valence-electron chi connectivity index (χ0n) is 14.0. The Labute approximate surface area is 135 Å². The van der Waals surface area contributed by atoms with E-state index in [1.165, 1.54) is 38.5 Å². The molecule has 3 aliphatic rings. The van der Waals surface area contributed by atoms with E-state index in [0.717, 1.165) is 51.4 Å². The van der Waals surface area contributed by atoms with Crippen molar-refractivity contribution in [1.29, 1.82) is 0 Å². The van der Waals surface area contributed by atoms with Gasteiger partial charge in [0.05, 0.1) is 0 Å². The van der Waals surface area contributed by atoms with Gasteiger partial charge in [-0.05, 0) is 51.4 Å². The van der Waals surface area contributed by atoms with Crippen LogP contribution in [0.25, 0.3) is 0 Å². The standard InChI is InChI=1S/C20H32O2/c21-19(15-7-3-1-4-8-15)17-11-13-18(14-12-17)20(22)16-9-5-2-6-10-16/h15-18H,1-14H2. The first-order chi connectivity index (χ1) is 10.8. The summed E-state index contributed by atoms with van der Waals surface area (Å²) < 4.78 is 0. The largest absolute Gasteiger partial charge is 0.299 e. The molecule has 3 fully saturated rings. The van der Waals surface area contributed by atoms with Crippen LogP contribution in [0.3, 0.4) is 0 Å². The van der Waals surface area contributed by atoms with E-state index in [1.807, 2.05) is 0 Å². The summed E-state index contributed by atoms with van der Waals surface area (Å²) in [7, 11) is 0. The second-order valence-electron chi connectivity index (χ2n) is 8.02. The van der Waals surface area contributed by atoms with Gasteiger partial charge in [0.25, 0.3) is 0 Å². The van der Waals surface area contributed by atoms with Crippen LogP contribution in [0.4, 0.5) is 0 Å². The van der Waals surface area contributed by atoms with Crippen LogP contribution < -0.4 is 0 Å². The van der Waals surface area contributed by atoms with E-state index in [2.05, 4.69) is 0 Å². The van der Waals surface area contributed by atoms with Crippen molar-refractivity contribution in [3.63, 3.8) is 0 Å². The Morgan fingerprint density at radius 3 is 1.00 bits per heavy atom. The minimum absolute atomic E-state index is 0.276. The predicted molar refractivity (Wildman–Crippen MR) is 88.6 cm³/mol. The number of hydrogen-bond acceptors (Lipinski definition) is 2. The molecule has 2 heteroatoms. The van der Waals surface area contributed by atoms with Gasteiger partial charge < -0.3 is 0 Å². The lowest BCUT2D eigenvalue weighted by molar-refractivity contribution is -0.133. The number of carbonyl (C=O) groups is 2. The fourth-order valence-electron chi connectivity index (χ4n) is 5.10. The molecular weight excluding hydrogens is 272 g/mol. The minimum atomic E-state index is 0.276. The molecule has 0 aromatic carbocycles. The van der Waals surface area contributed by atoms with Gasteiger partial charge in [-0.1, -0.05) is 38.5 Å². The maximum absolute atomic E-state index is 12.6. The topological polar surface area (TPSA) is 34.1 Å². The first-order valence-electron chi connectivity index (χ1n) is 9.83. The Kier molecular flexibility index (Phi) is 5.71. The third-order valence-corrected chi connectivity index (χ3v) is 6.55. The zero-order chi connectivity index (χ0) is 15.4. The summed E-state index contributed by atoms with van der Waals surface area (Å²) in [6.07, 6.45) is 16.0. The fourth-order valence-corrected chi connectivity index (χ4v) is 5.10. The lowest BCUT2D eigenvalue weighted by Gasteiger charge is -2.32. The summed E-state index contributed by atoms with van der Waals surface area (Å²) in [6, 6.07) is 0. The van der Waals surface area contributed by atoms with Crippen LogP contribution in [-0.2, 0) is 9.59 Å². The van der Waals surface area contributed by atoms with Crippen molar-refractivity contribution in [2.45, 2.75) is 89.9 Å². The molecule has 124 valence electrons. The van der Waals surface area contributed by atoms with Gasteiger partial charge in [0.2, 0.25) is 0 Å². The van der Waals surface area contributed by atoms with Gasteiger partial charge in [0, 0.05) is 23.7 Å². The van der Waals surface area contributed by atoms with Crippen LogP contribution in [0.5, 0.6) is 0 Å². The van der Waals surface area contributed by atoms with Crippen LogP contribution in [0.15, 0.2) is 0 Å². The van der Waals surface area contributed by atoms with Crippen molar-refractivity contribution in [1.82, 2.24) is 0 Å². The summed E-state index contributed by atoms with van der Waals surface area (Å²) >= 11 is 0. The van der Waals surface area contributed by atoms with Crippen molar-refractivity contribution in [2.75, 3.05) is 0 Å². The maximum atomic E-state index is 12.6. The minimum Gasteiger partial charge on any atom is -0.299 e. The monoisotopic (exact) mass is 304 g/mol. The van der Waals surface area contributed by atoms with Gasteiger partial charge in [0.15, 0.2) is 0 Å². The highest BCUT2D eigenvalue weighted by Crippen LogP contribution is 2.37. The smallest absolute Gasteiger partial charge is 0.139 e. The summed E-state index contributed by atoms with van der Waals surface area (Å²) in [5.74, 6) is 2.34. The molecule has 0 spiro atoms. The predicted octanol–water partition coefficient (Wildman–Crippen LogP) is 5.09. The van der Waals surface area contributed by atoms with E-state index in [1.54, 1.807) is 0 Å². The lowest BCUT2D eigenvalue weighted by Crippen LogP contribution is -2.33. The first-order valence-corrected chi connectivity index (χ1v) is 9.83. The molecule has 22 heavy (non-hydrogen) atoms. The second-order valence-corrected chi connectivity index (χ2v) is 8.02. The molecule has 0 bridgehead atoms. The Morgan fingerprint density at radius 1 is 0.409 bits per heavy atom. The SMILES string of the molecule is O=C(C1CCCCC1)C1CCC(C(=O)C2CCCCC2)CC1. The van der Waals surface area contributed by atoms with Gasteiger partial charge in [-0.2, -0.15) is 0 Å². The number of rotatable bonds is 4. The van der Waals surface area contributed by atoms with Gasteiger partial charge in [0.1, 0.15) is 11.6 Å². The molecule has 2 nitrogen and oxygen atoms in total. The van der Waals surface area contributed by atoms with Crippen LogP contribution in [-0.4, -0.2) is 11.6 Å². The van der Waals surface area contributed by atoms with E-state index in [-0.39, 0.29) is 11.8 Å². The zero-order valence-corrected chi connectivity index (χ0v) is 14.0. The summed E-state index contributed by atoms with van der Waals surface area (Å²) in [5.41, 5.74) is 0. The van der Waals surface area contributed by atoms with Crippen LogP contribution in [0.2, 0.25) is 0 Å². The number of hydrogen-bond donors (Lipinski definition) is 0. The molecule has 0 radical (unpaired) electrons. The average molecular weight is 304 g/mol. The molecule has 0 heterocycles. The molecule has 0 aliphatic heterocycles. The van der Waals surface area contributed by atoms with Crippen molar-refractivity contribution >= 4 is 11.6 Å². The average Bonchev–Trinajstić information content (AvgIpc) is 2.62. The molecule has 0 N–H and O–H groups in total. The van der Waals surface area contributed by atoms with Crippen molar-refractivity contribution in [3.05, 3.63) is 0 Å². The first kappa shape index (κ1) is 16.2. The molecule has 3 rings (SSSR count). The van der Waals surface area contributed by atoms with Gasteiger partial charge in [-0.3, -0.25) is 9.59 Å². The van der Waals surface area contributed by atoms with E-state index in [0.29, 0.717) is 23.4 Å². The summed E-state index contributed by atoms with van der Waals surface area (Å²) in [6.45, 7) is 0. The highest BCUT2D eigenvalue weighted by Gasteiger charge is 2.35. The van der Waals surface area contributed by atoms with Crippen molar-refractivity contribution < 1.29 is 9.59 Å². The van der Waals surface area contributed by atoms with Gasteiger partial charge in [-0.25, -0.2) is 0 Å². The van der Waals surface area contributed by atoms with Gasteiger partial charge in [-0.15, -0.1) is 0 Å². The normalized spacial score (nSPS) is 31.8. The van der Waals surface area contributed by atoms with E-state index >= 15 is 0 Å². The molecule has 3 saturated carbocycles. The second kappa shape index (κ2) is 7.75. The molecular formula is C20H32O2. The summed E-state index contributed by atoms with van der Waals surface area (Å²) in [4.78, 5) is 25.3. The van der Waals surface area contributed by atoms with E-state index in [4.69, 9.17) is 0 Å². The van der Waals surface area contributed by atoms with E-state index in [9.17, 15) is 9.59 Å². The molecule has 0 unspecified atom stereocenters.